The molecule has 0 aromatic carbocycles. The van der Waals surface area contributed by atoms with Crippen LogP contribution >= 0.6 is 0 Å². The van der Waals surface area contributed by atoms with Crippen molar-refractivity contribution in [1.29, 1.82) is 0 Å². The Morgan fingerprint density at radius 2 is 1.11 bits per heavy atom. The van der Waals surface area contributed by atoms with Crippen LogP contribution in [-0.4, -0.2) is 4.57 Å². The Bertz CT molecular complexity index is 447. The fourth-order valence-corrected chi connectivity index (χ4v) is 4.29. The molecule has 1 aromatic heterocycles. The molecule has 1 rings (SSSR count). The third kappa shape index (κ3) is 11.6. The van der Waals surface area contributed by atoms with E-state index in [1.54, 1.807) is 0 Å². The summed E-state index contributed by atoms with van der Waals surface area (Å²) in [5.41, 5.74) is 0. The fraction of sp³-hybridized carbons (Fsp3) is 0.880. The molecule has 0 amide bonds. The van der Waals surface area contributed by atoms with Gasteiger partial charge >= 0.3 is 0 Å². The monoisotopic (exact) mass is 377 g/mol. The average Bonchev–Trinajstić information content (AvgIpc) is 3.02. The quantitative estimate of drug-likeness (QED) is 0.183. The molecule has 0 atom stereocenters. The maximum atomic E-state index is 2.45. The molecule has 0 saturated heterocycles. The molecule has 27 heavy (non-hydrogen) atoms. The molecule has 1 heterocycles. The predicted octanol–water partition coefficient (Wildman–Crippen LogP) is 7.70. The summed E-state index contributed by atoms with van der Waals surface area (Å²) in [7, 11) is 2.17. The molecule has 158 valence electrons. The molecule has 0 unspecified atom stereocenters. The van der Waals surface area contributed by atoms with Gasteiger partial charge in [-0.3, -0.25) is 0 Å². The standard InChI is InChI=1S/C25H49N2/c1-5-6-7-8-9-10-11-12-13-14-15-16-17-18-19-20-21-27-23-22-26(4)25(27)24(2)3/h22-24H,5-21H2,1-4H3/q+1. The van der Waals surface area contributed by atoms with E-state index in [0.29, 0.717) is 5.92 Å². The first-order valence-corrected chi connectivity index (χ1v) is 12.2. The third-order valence-electron chi connectivity index (χ3n) is 5.89. The van der Waals surface area contributed by atoms with Crippen LogP contribution in [0, 0.1) is 0 Å². The average molecular weight is 378 g/mol. The maximum absolute atomic E-state index is 2.45. The Balaban J connectivity index is 1.85. The lowest BCUT2D eigenvalue weighted by Gasteiger charge is -2.06. The Labute approximate surface area is 170 Å². The van der Waals surface area contributed by atoms with E-state index in [2.05, 4.69) is 49.3 Å². The molecule has 1 aromatic rings. The van der Waals surface area contributed by atoms with Gasteiger partial charge in [0.1, 0.15) is 12.4 Å². The number of hydrogen-bond acceptors (Lipinski definition) is 0. The second-order valence-electron chi connectivity index (χ2n) is 8.92. The van der Waals surface area contributed by atoms with Gasteiger partial charge in [-0.25, -0.2) is 9.13 Å². The summed E-state index contributed by atoms with van der Waals surface area (Å²) in [6.45, 7) is 8.07. The maximum Gasteiger partial charge on any atom is 0.258 e. The summed E-state index contributed by atoms with van der Waals surface area (Å²) in [5, 5.41) is 0. The van der Waals surface area contributed by atoms with Crippen LogP contribution in [0.25, 0.3) is 0 Å². The van der Waals surface area contributed by atoms with Gasteiger partial charge in [-0.1, -0.05) is 111 Å². The number of hydrogen-bond donors (Lipinski definition) is 0. The minimum Gasteiger partial charge on any atom is -0.237 e. The van der Waals surface area contributed by atoms with Crippen LogP contribution in [0.5, 0.6) is 0 Å². The van der Waals surface area contributed by atoms with Crippen LogP contribution in [0.15, 0.2) is 12.4 Å². The highest BCUT2D eigenvalue weighted by molar-refractivity contribution is 4.89. The molecule has 0 aliphatic rings. The van der Waals surface area contributed by atoms with Gasteiger partial charge in [0.05, 0.1) is 19.5 Å². The number of nitrogens with zero attached hydrogens (tertiary/aromatic N) is 2. The largest absolute Gasteiger partial charge is 0.258 e. The lowest BCUT2D eigenvalue weighted by molar-refractivity contribution is -0.680. The molecule has 0 radical (unpaired) electrons. The first-order valence-electron chi connectivity index (χ1n) is 12.2. The number of imidazole rings is 1. The van der Waals surface area contributed by atoms with E-state index < -0.39 is 0 Å². The lowest BCUT2D eigenvalue weighted by atomic mass is 10.0. The van der Waals surface area contributed by atoms with Gasteiger partial charge < -0.3 is 0 Å². The smallest absolute Gasteiger partial charge is 0.237 e. The van der Waals surface area contributed by atoms with Gasteiger partial charge in [0, 0.05) is 0 Å². The summed E-state index contributed by atoms with van der Waals surface area (Å²) in [5.74, 6) is 2.06. The second kappa shape index (κ2) is 16.2. The number of rotatable bonds is 18. The Morgan fingerprint density at radius 1 is 0.704 bits per heavy atom. The number of aryl methyl sites for hydroxylation is 2. The normalized spacial score (nSPS) is 11.6. The van der Waals surface area contributed by atoms with Crippen molar-refractivity contribution in [1.82, 2.24) is 4.57 Å². The van der Waals surface area contributed by atoms with Crippen molar-refractivity contribution in [2.75, 3.05) is 0 Å². The molecule has 2 heteroatoms. The molecule has 0 aliphatic carbocycles. The molecular weight excluding hydrogens is 328 g/mol. The van der Waals surface area contributed by atoms with Gasteiger partial charge in [0.2, 0.25) is 0 Å². The van der Waals surface area contributed by atoms with E-state index in [9.17, 15) is 0 Å². The van der Waals surface area contributed by atoms with E-state index in [1.165, 1.54) is 115 Å². The van der Waals surface area contributed by atoms with Gasteiger partial charge in [-0.15, -0.1) is 0 Å². The Hall–Kier alpha value is -0.790. The Morgan fingerprint density at radius 3 is 1.52 bits per heavy atom. The molecule has 2 nitrogen and oxygen atoms in total. The van der Waals surface area contributed by atoms with E-state index in [4.69, 9.17) is 0 Å². The van der Waals surface area contributed by atoms with Crippen molar-refractivity contribution >= 4 is 0 Å². The van der Waals surface area contributed by atoms with Crippen LogP contribution in [0.1, 0.15) is 135 Å². The molecule has 0 N–H and O–H groups in total. The summed E-state index contributed by atoms with van der Waals surface area (Å²) < 4.78 is 4.73. The highest BCUT2D eigenvalue weighted by atomic mass is 15.1. The Kier molecular flexibility index (Phi) is 14.5. The zero-order valence-electron chi connectivity index (χ0n) is 19.1. The first-order chi connectivity index (χ1) is 13.2. The van der Waals surface area contributed by atoms with Gasteiger partial charge in [-0.2, -0.15) is 0 Å². The van der Waals surface area contributed by atoms with Gasteiger partial charge in [0.25, 0.3) is 5.82 Å². The van der Waals surface area contributed by atoms with Crippen LogP contribution in [0.3, 0.4) is 0 Å². The zero-order chi connectivity index (χ0) is 19.7. The highest BCUT2D eigenvalue weighted by Crippen LogP contribution is 2.15. The fourth-order valence-electron chi connectivity index (χ4n) is 4.29. The van der Waals surface area contributed by atoms with E-state index in [-0.39, 0.29) is 0 Å². The SMILES string of the molecule is CCCCCCCCCCCCCCCCCCn1cc[n+](C)c1C(C)C. The van der Waals surface area contributed by atoms with Crippen molar-refractivity contribution in [3.63, 3.8) is 0 Å². The molecule has 0 saturated carbocycles. The van der Waals surface area contributed by atoms with Crippen LogP contribution < -0.4 is 4.57 Å². The van der Waals surface area contributed by atoms with Crippen molar-refractivity contribution in [2.45, 2.75) is 136 Å². The minimum absolute atomic E-state index is 0.603. The van der Waals surface area contributed by atoms with Crippen molar-refractivity contribution in [3.05, 3.63) is 18.2 Å². The summed E-state index contributed by atoms with van der Waals surface area (Å²) >= 11 is 0. The highest BCUT2D eigenvalue weighted by Gasteiger charge is 2.17. The summed E-state index contributed by atoms with van der Waals surface area (Å²) in [6, 6.07) is 0. The van der Waals surface area contributed by atoms with Crippen LogP contribution in [-0.2, 0) is 13.6 Å². The second-order valence-corrected chi connectivity index (χ2v) is 8.92. The van der Waals surface area contributed by atoms with Crippen molar-refractivity contribution in [2.24, 2.45) is 7.05 Å². The summed E-state index contributed by atoms with van der Waals surface area (Å²) in [6.07, 6.45) is 27.5. The predicted molar refractivity (Wildman–Crippen MR) is 119 cm³/mol. The van der Waals surface area contributed by atoms with Crippen molar-refractivity contribution in [3.8, 4) is 0 Å². The van der Waals surface area contributed by atoms with Crippen molar-refractivity contribution < 1.29 is 4.57 Å². The van der Waals surface area contributed by atoms with Crippen LogP contribution in [0.2, 0.25) is 0 Å². The van der Waals surface area contributed by atoms with E-state index >= 15 is 0 Å². The molecule has 0 aliphatic heterocycles. The van der Waals surface area contributed by atoms with Gasteiger partial charge in [-0.05, 0) is 12.8 Å². The number of unbranched alkanes of at least 4 members (excludes halogenated alkanes) is 15. The zero-order valence-corrected chi connectivity index (χ0v) is 19.1. The molecule has 0 fully saturated rings. The molecule has 0 bridgehead atoms. The first kappa shape index (κ1) is 24.2. The topological polar surface area (TPSA) is 8.81 Å². The van der Waals surface area contributed by atoms with E-state index in [1.807, 2.05) is 0 Å². The third-order valence-corrected chi connectivity index (χ3v) is 5.89. The molecule has 0 spiro atoms. The lowest BCUT2D eigenvalue weighted by Crippen LogP contribution is -2.33. The van der Waals surface area contributed by atoms with E-state index in [0.717, 1.165) is 0 Å². The number of aromatic nitrogens is 2. The molecular formula is C25H49N2+. The van der Waals surface area contributed by atoms with Gasteiger partial charge in [0.15, 0.2) is 0 Å². The summed E-state index contributed by atoms with van der Waals surface area (Å²) in [4.78, 5) is 0. The van der Waals surface area contributed by atoms with Crippen LogP contribution in [0.4, 0.5) is 0 Å². The minimum atomic E-state index is 0.603.